The van der Waals surface area contributed by atoms with Crippen LogP contribution in [0.25, 0.3) is 17.0 Å². The number of aromatic nitrogens is 3. The lowest BCUT2D eigenvalue weighted by atomic mass is 10.1. The summed E-state index contributed by atoms with van der Waals surface area (Å²) in [5.74, 6) is 1.37. The van der Waals surface area contributed by atoms with E-state index in [0.717, 1.165) is 30.8 Å². The Morgan fingerprint density at radius 2 is 2.03 bits per heavy atom. The fourth-order valence-corrected chi connectivity index (χ4v) is 4.13. The van der Waals surface area contributed by atoms with Gasteiger partial charge in [0.1, 0.15) is 6.61 Å². The minimum Gasteiger partial charge on any atom is -0.485 e. The minimum atomic E-state index is 0.416. The van der Waals surface area contributed by atoms with Crippen molar-refractivity contribution in [3.05, 3.63) is 77.4 Å². The standard InChI is InChI=1S/C24H24ClN5O/c1-17-15-29(12-10-26-17)21-8-3-6-19(14-21)23-27-24-22(9-4-11-30(24)28-23)31-16-18-5-2-7-20(25)13-18/h2-9,11,13-14,17,26H,10,12,15-16H2,1H3. The zero-order valence-corrected chi connectivity index (χ0v) is 18.1. The zero-order chi connectivity index (χ0) is 21.2. The molecule has 1 saturated heterocycles. The van der Waals surface area contributed by atoms with Gasteiger partial charge in [-0.3, -0.25) is 0 Å². The van der Waals surface area contributed by atoms with E-state index in [0.29, 0.717) is 34.9 Å². The van der Waals surface area contributed by atoms with Crippen LogP contribution >= 0.6 is 11.6 Å². The van der Waals surface area contributed by atoms with Gasteiger partial charge in [0.15, 0.2) is 17.2 Å². The first-order valence-electron chi connectivity index (χ1n) is 10.5. The van der Waals surface area contributed by atoms with Gasteiger partial charge in [0.05, 0.1) is 0 Å². The molecular formula is C24H24ClN5O. The monoisotopic (exact) mass is 433 g/mol. The highest BCUT2D eigenvalue weighted by Gasteiger charge is 2.17. The van der Waals surface area contributed by atoms with Gasteiger partial charge < -0.3 is 15.0 Å². The third kappa shape index (κ3) is 4.36. The largest absolute Gasteiger partial charge is 0.485 e. The molecular weight excluding hydrogens is 410 g/mol. The fourth-order valence-electron chi connectivity index (χ4n) is 3.91. The van der Waals surface area contributed by atoms with E-state index in [9.17, 15) is 0 Å². The Hall–Kier alpha value is -3.09. The first-order chi connectivity index (χ1) is 15.2. The Bertz CT molecular complexity index is 1210. The Morgan fingerprint density at radius 1 is 1.13 bits per heavy atom. The zero-order valence-electron chi connectivity index (χ0n) is 17.3. The second-order valence-corrected chi connectivity index (χ2v) is 8.28. The lowest BCUT2D eigenvalue weighted by Gasteiger charge is -2.33. The number of ether oxygens (including phenoxy) is 1. The van der Waals surface area contributed by atoms with Gasteiger partial charge in [-0.1, -0.05) is 35.9 Å². The molecule has 31 heavy (non-hydrogen) atoms. The molecule has 2 aromatic heterocycles. The maximum atomic E-state index is 6.08. The normalized spacial score (nSPS) is 16.6. The second kappa shape index (κ2) is 8.57. The second-order valence-electron chi connectivity index (χ2n) is 7.85. The van der Waals surface area contributed by atoms with Gasteiger partial charge >= 0.3 is 0 Å². The van der Waals surface area contributed by atoms with E-state index in [-0.39, 0.29) is 0 Å². The molecule has 1 N–H and O–H groups in total. The molecule has 0 amide bonds. The molecule has 6 nitrogen and oxygen atoms in total. The number of fused-ring (bicyclic) bond motifs is 1. The molecule has 2 aromatic carbocycles. The Balaban J connectivity index is 1.41. The van der Waals surface area contributed by atoms with Crippen molar-refractivity contribution < 1.29 is 4.74 Å². The maximum Gasteiger partial charge on any atom is 0.198 e. The van der Waals surface area contributed by atoms with Crippen LogP contribution in [0, 0.1) is 0 Å². The summed E-state index contributed by atoms with van der Waals surface area (Å²) in [6.45, 7) is 5.60. The summed E-state index contributed by atoms with van der Waals surface area (Å²) in [6, 6.07) is 20.4. The van der Waals surface area contributed by atoms with Crippen molar-refractivity contribution >= 4 is 22.9 Å². The lowest BCUT2D eigenvalue weighted by molar-refractivity contribution is 0.308. The first kappa shape index (κ1) is 19.8. The Kier molecular flexibility index (Phi) is 5.49. The Labute approximate surface area is 186 Å². The quantitative estimate of drug-likeness (QED) is 0.504. The average molecular weight is 434 g/mol. The van der Waals surface area contributed by atoms with Crippen molar-refractivity contribution in [2.24, 2.45) is 0 Å². The fraction of sp³-hybridized carbons (Fsp3) is 0.250. The van der Waals surface area contributed by atoms with Gasteiger partial charge in [0.25, 0.3) is 0 Å². The molecule has 1 fully saturated rings. The molecule has 0 aliphatic carbocycles. The number of anilines is 1. The average Bonchev–Trinajstić information content (AvgIpc) is 3.23. The van der Waals surface area contributed by atoms with E-state index in [1.165, 1.54) is 5.69 Å². The van der Waals surface area contributed by atoms with Crippen molar-refractivity contribution in [3.63, 3.8) is 0 Å². The third-order valence-corrected chi connectivity index (χ3v) is 5.68. The van der Waals surface area contributed by atoms with Crippen LogP contribution in [0.4, 0.5) is 5.69 Å². The van der Waals surface area contributed by atoms with E-state index < -0.39 is 0 Å². The number of rotatable bonds is 5. The molecule has 7 heteroatoms. The van der Waals surface area contributed by atoms with Crippen molar-refractivity contribution in [3.8, 4) is 17.1 Å². The Morgan fingerprint density at radius 3 is 2.90 bits per heavy atom. The molecule has 5 rings (SSSR count). The van der Waals surface area contributed by atoms with Crippen LogP contribution in [-0.4, -0.2) is 40.3 Å². The number of benzene rings is 2. The molecule has 158 valence electrons. The van der Waals surface area contributed by atoms with Gasteiger partial charge in [-0.25, -0.2) is 9.50 Å². The van der Waals surface area contributed by atoms with Gasteiger partial charge in [-0.2, -0.15) is 0 Å². The van der Waals surface area contributed by atoms with Gasteiger partial charge in [-0.15, -0.1) is 5.10 Å². The van der Waals surface area contributed by atoms with Crippen LogP contribution in [0.2, 0.25) is 5.02 Å². The number of halogens is 1. The summed E-state index contributed by atoms with van der Waals surface area (Å²) in [5.41, 5.74) is 3.89. The highest BCUT2D eigenvalue weighted by Crippen LogP contribution is 2.26. The van der Waals surface area contributed by atoms with Gasteiger partial charge in [-0.05, 0) is 48.9 Å². The van der Waals surface area contributed by atoms with Crippen LogP contribution in [0.5, 0.6) is 5.75 Å². The molecule has 4 aromatic rings. The molecule has 1 aliphatic rings. The number of nitrogens with zero attached hydrogens (tertiary/aromatic N) is 4. The summed E-state index contributed by atoms with van der Waals surface area (Å²) < 4.78 is 7.81. The molecule has 0 spiro atoms. The summed E-state index contributed by atoms with van der Waals surface area (Å²) in [7, 11) is 0. The minimum absolute atomic E-state index is 0.416. The van der Waals surface area contributed by atoms with Gasteiger partial charge in [0, 0.05) is 48.1 Å². The van der Waals surface area contributed by atoms with Crippen molar-refractivity contribution in [1.29, 1.82) is 0 Å². The highest BCUT2D eigenvalue weighted by molar-refractivity contribution is 6.30. The smallest absolute Gasteiger partial charge is 0.198 e. The highest BCUT2D eigenvalue weighted by atomic mass is 35.5. The summed E-state index contributed by atoms with van der Waals surface area (Å²) in [4.78, 5) is 7.19. The van der Waals surface area contributed by atoms with Crippen LogP contribution in [0.1, 0.15) is 12.5 Å². The third-order valence-electron chi connectivity index (χ3n) is 5.45. The van der Waals surface area contributed by atoms with Gasteiger partial charge in [0.2, 0.25) is 0 Å². The first-order valence-corrected chi connectivity index (χ1v) is 10.8. The maximum absolute atomic E-state index is 6.08. The van der Waals surface area contributed by atoms with Crippen molar-refractivity contribution in [2.45, 2.75) is 19.6 Å². The summed E-state index contributed by atoms with van der Waals surface area (Å²) in [5, 5.41) is 8.87. The van der Waals surface area contributed by atoms with E-state index in [1.54, 1.807) is 4.52 Å². The van der Waals surface area contributed by atoms with E-state index in [1.807, 2.05) is 42.6 Å². The predicted octanol–water partition coefficient (Wildman–Crippen LogP) is 4.43. The van der Waals surface area contributed by atoms with E-state index in [4.69, 9.17) is 21.3 Å². The summed E-state index contributed by atoms with van der Waals surface area (Å²) >= 11 is 6.08. The lowest BCUT2D eigenvalue weighted by Crippen LogP contribution is -2.49. The number of piperazine rings is 1. The molecule has 3 heterocycles. The molecule has 0 radical (unpaired) electrons. The van der Waals surface area contributed by atoms with Crippen LogP contribution in [-0.2, 0) is 6.61 Å². The number of nitrogens with one attached hydrogen (secondary N) is 1. The predicted molar refractivity (Wildman–Crippen MR) is 124 cm³/mol. The van der Waals surface area contributed by atoms with Crippen LogP contribution in [0.3, 0.4) is 0 Å². The van der Waals surface area contributed by atoms with E-state index in [2.05, 4.69) is 46.5 Å². The topological polar surface area (TPSA) is 54.7 Å². The van der Waals surface area contributed by atoms with Crippen LogP contribution in [0.15, 0.2) is 66.9 Å². The molecule has 0 saturated carbocycles. The number of hydrogen-bond donors (Lipinski definition) is 1. The molecule has 1 aliphatic heterocycles. The SMILES string of the molecule is CC1CN(c2cccc(-c3nc4c(OCc5cccc(Cl)c5)cccn4n3)c2)CCN1. The van der Waals surface area contributed by atoms with Crippen LogP contribution < -0.4 is 15.0 Å². The number of hydrogen-bond acceptors (Lipinski definition) is 5. The van der Waals surface area contributed by atoms with Crippen molar-refractivity contribution in [2.75, 3.05) is 24.5 Å². The molecule has 0 bridgehead atoms. The van der Waals surface area contributed by atoms with Crippen molar-refractivity contribution in [1.82, 2.24) is 19.9 Å². The summed E-state index contributed by atoms with van der Waals surface area (Å²) in [6.07, 6.45) is 1.89. The van der Waals surface area contributed by atoms with E-state index >= 15 is 0 Å². The number of pyridine rings is 1. The molecule has 1 unspecified atom stereocenters. The molecule has 1 atom stereocenters.